The summed E-state index contributed by atoms with van der Waals surface area (Å²) in [5, 5.41) is 2.92. The molecule has 0 aromatic heterocycles. The molecule has 104 valence electrons. The third-order valence-corrected chi connectivity index (χ3v) is 3.09. The van der Waals surface area contributed by atoms with Crippen molar-refractivity contribution in [2.45, 2.75) is 38.5 Å². The van der Waals surface area contributed by atoms with E-state index in [1.807, 2.05) is 18.2 Å². The molecule has 1 rings (SSSR count). The zero-order chi connectivity index (χ0) is 13.9. The maximum Gasteiger partial charge on any atom is 0.220 e. The van der Waals surface area contributed by atoms with Gasteiger partial charge in [-0.15, -0.1) is 0 Å². The Morgan fingerprint density at radius 3 is 2.53 bits per heavy atom. The number of carbonyl (C=O) groups excluding carboxylic acids is 1. The quantitative estimate of drug-likeness (QED) is 0.539. The largest absolute Gasteiger partial charge is 0.393 e. The Labute approximate surface area is 120 Å². The first kappa shape index (κ1) is 15.6. The van der Waals surface area contributed by atoms with E-state index in [1.165, 1.54) is 5.56 Å². The van der Waals surface area contributed by atoms with Crippen LogP contribution in [0.1, 0.15) is 37.7 Å². The number of unbranched alkanes of at least 4 members (excludes halogenated alkanes) is 1. The van der Waals surface area contributed by atoms with Crippen molar-refractivity contribution in [1.82, 2.24) is 5.32 Å². The van der Waals surface area contributed by atoms with E-state index in [4.69, 9.17) is 18.0 Å². The van der Waals surface area contributed by atoms with E-state index in [1.54, 1.807) is 0 Å². The molecule has 0 atom stereocenters. The highest BCUT2D eigenvalue weighted by atomic mass is 32.1. The predicted octanol–water partition coefficient (Wildman–Crippen LogP) is 2.58. The molecule has 1 amide bonds. The van der Waals surface area contributed by atoms with E-state index in [0.717, 1.165) is 32.1 Å². The van der Waals surface area contributed by atoms with Gasteiger partial charge in [0, 0.05) is 13.0 Å². The highest BCUT2D eigenvalue weighted by molar-refractivity contribution is 7.80. The van der Waals surface area contributed by atoms with Crippen molar-refractivity contribution in [2.24, 2.45) is 5.73 Å². The minimum atomic E-state index is 0.131. The minimum absolute atomic E-state index is 0.131. The van der Waals surface area contributed by atoms with Crippen LogP contribution in [-0.2, 0) is 11.2 Å². The molecule has 1 aromatic rings. The zero-order valence-corrected chi connectivity index (χ0v) is 12.0. The fraction of sp³-hybridized carbons (Fsp3) is 0.467. The van der Waals surface area contributed by atoms with Gasteiger partial charge in [0.05, 0.1) is 4.99 Å². The summed E-state index contributed by atoms with van der Waals surface area (Å²) in [5.74, 6) is 0.131. The number of hydrogen-bond acceptors (Lipinski definition) is 2. The van der Waals surface area contributed by atoms with Crippen molar-refractivity contribution in [3.63, 3.8) is 0 Å². The SMILES string of the molecule is NC(=S)CCCCNC(=O)CCCc1ccccc1. The molecule has 0 aliphatic heterocycles. The third-order valence-electron chi connectivity index (χ3n) is 2.88. The van der Waals surface area contributed by atoms with Gasteiger partial charge >= 0.3 is 0 Å². The van der Waals surface area contributed by atoms with E-state index < -0.39 is 0 Å². The van der Waals surface area contributed by atoms with Gasteiger partial charge < -0.3 is 11.1 Å². The van der Waals surface area contributed by atoms with Crippen LogP contribution in [0.3, 0.4) is 0 Å². The summed E-state index contributed by atoms with van der Waals surface area (Å²) in [6.07, 6.45) is 5.07. The van der Waals surface area contributed by atoms with Crippen LogP contribution in [0, 0.1) is 0 Å². The van der Waals surface area contributed by atoms with Crippen LogP contribution < -0.4 is 11.1 Å². The fourth-order valence-corrected chi connectivity index (χ4v) is 1.98. The molecular weight excluding hydrogens is 256 g/mol. The summed E-state index contributed by atoms with van der Waals surface area (Å²) in [6, 6.07) is 10.2. The van der Waals surface area contributed by atoms with Crippen LogP contribution >= 0.6 is 12.2 Å². The van der Waals surface area contributed by atoms with Gasteiger partial charge in [0.2, 0.25) is 5.91 Å². The number of aryl methyl sites for hydroxylation is 1. The molecule has 0 radical (unpaired) electrons. The molecule has 0 saturated heterocycles. The van der Waals surface area contributed by atoms with E-state index in [2.05, 4.69) is 17.4 Å². The second-order valence-corrected chi connectivity index (χ2v) is 5.14. The Kier molecular flexibility index (Phi) is 7.82. The van der Waals surface area contributed by atoms with Gasteiger partial charge in [0.1, 0.15) is 0 Å². The first-order valence-electron chi connectivity index (χ1n) is 6.77. The number of amides is 1. The number of rotatable bonds is 9. The van der Waals surface area contributed by atoms with Gasteiger partial charge in [-0.25, -0.2) is 0 Å². The Balaban J connectivity index is 2.01. The average molecular weight is 278 g/mol. The Morgan fingerprint density at radius 1 is 1.11 bits per heavy atom. The lowest BCUT2D eigenvalue weighted by Gasteiger charge is -2.05. The molecule has 3 N–H and O–H groups in total. The van der Waals surface area contributed by atoms with Crippen LogP contribution in [-0.4, -0.2) is 17.4 Å². The molecule has 3 nitrogen and oxygen atoms in total. The van der Waals surface area contributed by atoms with Crippen molar-refractivity contribution < 1.29 is 4.79 Å². The molecule has 4 heteroatoms. The molecular formula is C15H22N2OS. The third kappa shape index (κ3) is 8.32. The number of nitrogens with two attached hydrogens (primary N) is 1. The lowest BCUT2D eigenvalue weighted by atomic mass is 10.1. The van der Waals surface area contributed by atoms with E-state index >= 15 is 0 Å². The summed E-state index contributed by atoms with van der Waals surface area (Å²) in [5.41, 5.74) is 6.68. The molecule has 0 saturated carbocycles. The first-order valence-corrected chi connectivity index (χ1v) is 7.18. The number of carbonyl (C=O) groups is 1. The van der Waals surface area contributed by atoms with Crippen LogP contribution in [0.25, 0.3) is 0 Å². The van der Waals surface area contributed by atoms with E-state index in [9.17, 15) is 4.79 Å². The van der Waals surface area contributed by atoms with Crippen molar-refractivity contribution in [1.29, 1.82) is 0 Å². The van der Waals surface area contributed by atoms with Gasteiger partial charge in [-0.3, -0.25) is 4.79 Å². The molecule has 0 bridgehead atoms. The molecule has 0 aliphatic carbocycles. The fourth-order valence-electron chi connectivity index (χ4n) is 1.84. The van der Waals surface area contributed by atoms with Gasteiger partial charge in [-0.2, -0.15) is 0 Å². The van der Waals surface area contributed by atoms with Crippen molar-refractivity contribution in [3.05, 3.63) is 35.9 Å². The molecule has 19 heavy (non-hydrogen) atoms. The molecule has 0 heterocycles. The van der Waals surface area contributed by atoms with Gasteiger partial charge in [-0.1, -0.05) is 42.5 Å². The molecule has 0 spiro atoms. The van der Waals surface area contributed by atoms with Crippen LogP contribution in [0.5, 0.6) is 0 Å². The minimum Gasteiger partial charge on any atom is -0.393 e. The second-order valence-electron chi connectivity index (χ2n) is 4.61. The second kappa shape index (κ2) is 9.50. The maximum absolute atomic E-state index is 11.6. The van der Waals surface area contributed by atoms with Crippen LogP contribution in [0.4, 0.5) is 0 Å². The highest BCUT2D eigenvalue weighted by Gasteiger charge is 2.01. The lowest BCUT2D eigenvalue weighted by Crippen LogP contribution is -2.24. The van der Waals surface area contributed by atoms with Crippen LogP contribution in [0.15, 0.2) is 30.3 Å². The van der Waals surface area contributed by atoms with Crippen molar-refractivity contribution >= 4 is 23.1 Å². The van der Waals surface area contributed by atoms with E-state index in [-0.39, 0.29) is 5.91 Å². The first-order chi connectivity index (χ1) is 9.18. The topological polar surface area (TPSA) is 55.1 Å². The number of nitrogens with one attached hydrogen (secondary N) is 1. The number of benzene rings is 1. The number of thiocarbonyl (C=S) groups is 1. The highest BCUT2D eigenvalue weighted by Crippen LogP contribution is 2.04. The average Bonchev–Trinajstić information content (AvgIpc) is 2.39. The summed E-state index contributed by atoms with van der Waals surface area (Å²) in [6.45, 7) is 0.715. The van der Waals surface area contributed by atoms with E-state index in [0.29, 0.717) is 18.0 Å². The van der Waals surface area contributed by atoms with Crippen molar-refractivity contribution in [2.75, 3.05) is 6.54 Å². The predicted molar refractivity (Wildman–Crippen MR) is 83.0 cm³/mol. The number of hydrogen-bond donors (Lipinski definition) is 2. The van der Waals surface area contributed by atoms with Gasteiger partial charge in [0.15, 0.2) is 0 Å². The molecule has 0 unspecified atom stereocenters. The smallest absolute Gasteiger partial charge is 0.220 e. The van der Waals surface area contributed by atoms with Crippen molar-refractivity contribution in [3.8, 4) is 0 Å². The summed E-state index contributed by atoms with van der Waals surface area (Å²) < 4.78 is 0. The summed E-state index contributed by atoms with van der Waals surface area (Å²) in [7, 11) is 0. The normalized spacial score (nSPS) is 10.1. The summed E-state index contributed by atoms with van der Waals surface area (Å²) >= 11 is 4.79. The van der Waals surface area contributed by atoms with Gasteiger partial charge in [-0.05, 0) is 37.7 Å². The lowest BCUT2D eigenvalue weighted by molar-refractivity contribution is -0.121. The van der Waals surface area contributed by atoms with Gasteiger partial charge in [0.25, 0.3) is 0 Å². The van der Waals surface area contributed by atoms with Crippen LogP contribution in [0.2, 0.25) is 0 Å². The monoisotopic (exact) mass is 278 g/mol. The Bertz CT molecular complexity index is 392. The standard InChI is InChI=1S/C15H22N2OS/c16-14(19)10-4-5-12-17-15(18)11-6-9-13-7-2-1-3-8-13/h1-3,7-8H,4-6,9-12H2,(H2,16,19)(H,17,18). The Morgan fingerprint density at radius 2 is 1.84 bits per heavy atom. The Hall–Kier alpha value is -1.42. The zero-order valence-electron chi connectivity index (χ0n) is 11.2. The molecule has 0 fully saturated rings. The molecule has 0 aliphatic rings. The summed E-state index contributed by atoms with van der Waals surface area (Å²) in [4.78, 5) is 12.1. The maximum atomic E-state index is 11.6. The molecule has 1 aromatic carbocycles.